The lowest BCUT2D eigenvalue weighted by atomic mass is 10.2. The molecule has 0 radical (unpaired) electrons. The number of anilines is 3. The molecule has 0 aliphatic rings. The van der Waals surface area contributed by atoms with E-state index in [1.54, 1.807) is 0 Å². The quantitative estimate of drug-likeness (QED) is 0.838. The molecular formula is C16H21ClN4. The smallest absolute Gasteiger partial charge is 0.139 e. The Kier molecular flexibility index (Phi) is 5.02. The summed E-state index contributed by atoms with van der Waals surface area (Å²) in [5, 5.41) is 7.36. The van der Waals surface area contributed by atoms with Gasteiger partial charge in [-0.25, -0.2) is 9.97 Å². The summed E-state index contributed by atoms with van der Waals surface area (Å²) in [6.45, 7) is 9.08. The average Bonchev–Trinajstić information content (AvgIpc) is 2.45. The molecule has 5 heteroatoms. The van der Waals surface area contributed by atoms with E-state index in [1.165, 1.54) is 0 Å². The summed E-state index contributed by atoms with van der Waals surface area (Å²) in [6.07, 6.45) is 0. The summed E-state index contributed by atoms with van der Waals surface area (Å²) in [7, 11) is 0. The molecule has 0 spiro atoms. The van der Waals surface area contributed by atoms with Crippen molar-refractivity contribution in [3.63, 3.8) is 0 Å². The Morgan fingerprint density at radius 3 is 2.29 bits per heavy atom. The third kappa shape index (κ3) is 3.85. The van der Waals surface area contributed by atoms with Crippen molar-refractivity contribution in [2.24, 2.45) is 0 Å². The first-order chi connectivity index (χ1) is 10.0. The number of benzene rings is 1. The van der Waals surface area contributed by atoms with Gasteiger partial charge in [-0.15, -0.1) is 0 Å². The van der Waals surface area contributed by atoms with Crippen LogP contribution in [0.1, 0.15) is 38.1 Å². The van der Waals surface area contributed by atoms with Crippen LogP contribution in [0, 0.1) is 6.92 Å². The highest BCUT2D eigenvalue weighted by Gasteiger charge is 2.13. The lowest BCUT2D eigenvalue weighted by Gasteiger charge is -2.16. The molecule has 0 aliphatic heterocycles. The molecule has 112 valence electrons. The van der Waals surface area contributed by atoms with E-state index in [-0.39, 0.29) is 5.92 Å². The van der Waals surface area contributed by atoms with Crippen LogP contribution in [0.3, 0.4) is 0 Å². The lowest BCUT2D eigenvalue weighted by Crippen LogP contribution is -2.10. The maximum atomic E-state index is 5.92. The standard InChI is InChI=1S/C16H21ClN4/c1-5-18-15-11(4)16(21-14(20-15)10(2)3)19-13-8-6-12(17)7-9-13/h6-10H,5H2,1-4H3,(H2,18,19,20,21). The number of nitrogens with zero attached hydrogens (tertiary/aromatic N) is 2. The van der Waals surface area contributed by atoms with Gasteiger partial charge in [0.1, 0.15) is 17.5 Å². The molecular weight excluding hydrogens is 284 g/mol. The van der Waals surface area contributed by atoms with Gasteiger partial charge in [0.2, 0.25) is 0 Å². The van der Waals surface area contributed by atoms with Gasteiger partial charge in [0.15, 0.2) is 0 Å². The first-order valence-corrected chi connectivity index (χ1v) is 7.54. The van der Waals surface area contributed by atoms with Gasteiger partial charge in [-0.05, 0) is 38.1 Å². The molecule has 2 aromatic rings. The van der Waals surface area contributed by atoms with Crippen LogP contribution >= 0.6 is 11.6 Å². The Balaban J connectivity index is 2.38. The van der Waals surface area contributed by atoms with Crippen molar-refractivity contribution in [2.45, 2.75) is 33.6 Å². The van der Waals surface area contributed by atoms with Gasteiger partial charge in [0, 0.05) is 28.7 Å². The Hall–Kier alpha value is -1.81. The molecule has 0 saturated carbocycles. The van der Waals surface area contributed by atoms with Gasteiger partial charge in [-0.3, -0.25) is 0 Å². The second-order valence-corrected chi connectivity index (χ2v) is 5.66. The monoisotopic (exact) mass is 304 g/mol. The number of aromatic nitrogens is 2. The summed E-state index contributed by atoms with van der Waals surface area (Å²) in [6, 6.07) is 7.58. The molecule has 1 heterocycles. The van der Waals surface area contributed by atoms with Crippen LogP contribution in [-0.2, 0) is 0 Å². The molecule has 0 aliphatic carbocycles. The third-order valence-electron chi connectivity index (χ3n) is 3.13. The molecule has 0 unspecified atom stereocenters. The SMILES string of the molecule is CCNc1nc(C(C)C)nc(Nc2ccc(Cl)cc2)c1C. The first-order valence-electron chi connectivity index (χ1n) is 7.16. The Labute approximate surface area is 131 Å². The fraction of sp³-hybridized carbons (Fsp3) is 0.375. The predicted octanol–water partition coefficient (Wildman–Crippen LogP) is 4.74. The van der Waals surface area contributed by atoms with Crippen LogP contribution in [0.25, 0.3) is 0 Å². The van der Waals surface area contributed by atoms with Crippen molar-refractivity contribution >= 4 is 28.9 Å². The van der Waals surface area contributed by atoms with Crippen LogP contribution in [0.5, 0.6) is 0 Å². The Morgan fingerprint density at radius 1 is 1.10 bits per heavy atom. The van der Waals surface area contributed by atoms with Crippen molar-refractivity contribution in [3.8, 4) is 0 Å². The van der Waals surface area contributed by atoms with Gasteiger partial charge in [0.05, 0.1) is 0 Å². The maximum Gasteiger partial charge on any atom is 0.139 e. The van der Waals surface area contributed by atoms with Gasteiger partial charge >= 0.3 is 0 Å². The fourth-order valence-electron chi connectivity index (χ4n) is 1.92. The molecule has 0 atom stereocenters. The summed E-state index contributed by atoms with van der Waals surface area (Å²) < 4.78 is 0. The van der Waals surface area contributed by atoms with E-state index in [4.69, 9.17) is 11.6 Å². The highest BCUT2D eigenvalue weighted by atomic mass is 35.5. The van der Waals surface area contributed by atoms with Crippen molar-refractivity contribution < 1.29 is 0 Å². The van der Waals surface area contributed by atoms with Crippen LogP contribution in [0.2, 0.25) is 5.02 Å². The van der Waals surface area contributed by atoms with Gasteiger partial charge < -0.3 is 10.6 Å². The number of rotatable bonds is 5. The van der Waals surface area contributed by atoms with E-state index in [9.17, 15) is 0 Å². The normalized spacial score (nSPS) is 10.8. The summed E-state index contributed by atoms with van der Waals surface area (Å²) in [4.78, 5) is 9.23. The number of hydrogen-bond acceptors (Lipinski definition) is 4. The molecule has 1 aromatic carbocycles. The molecule has 0 bridgehead atoms. The van der Waals surface area contributed by atoms with Crippen LogP contribution in [-0.4, -0.2) is 16.5 Å². The number of halogens is 1. The van der Waals surface area contributed by atoms with Gasteiger partial charge in [-0.2, -0.15) is 0 Å². The molecule has 1 aromatic heterocycles. The molecule has 0 saturated heterocycles. The van der Waals surface area contributed by atoms with Crippen molar-refractivity contribution in [2.75, 3.05) is 17.2 Å². The lowest BCUT2D eigenvalue weighted by molar-refractivity contribution is 0.774. The number of hydrogen-bond donors (Lipinski definition) is 2. The highest BCUT2D eigenvalue weighted by molar-refractivity contribution is 6.30. The molecule has 0 amide bonds. The molecule has 0 fully saturated rings. The molecule has 2 N–H and O–H groups in total. The first kappa shape index (κ1) is 15.6. The van der Waals surface area contributed by atoms with E-state index in [1.807, 2.05) is 31.2 Å². The minimum absolute atomic E-state index is 0.272. The maximum absolute atomic E-state index is 5.92. The Bertz CT molecular complexity index is 608. The van der Waals surface area contributed by atoms with Gasteiger partial charge in [-0.1, -0.05) is 25.4 Å². The summed E-state index contributed by atoms with van der Waals surface area (Å²) in [5.41, 5.74) is 1.97. The minimum atomic E-state index is 0.272. The summed E-state index contributed by atoms with van der Waals surface area (Å²) in [5.74, 6) is 2.81. The van der Waals surface area contributed by atoms with Crippen LogP contribution in [0.15, 0.2) is 24.3 Å². The van der Waals surface area contributed by atoms with Crippen LogP contribution in [0.4, 0.5) is 17.3 Å². The van der Waals surface area contributed by atoms with E-state index in [0.29, 0.717) is 0 Å². The molecule has 2 rings (SSSR count). The third-order valence-corrected chi connectivity index (χ3v) is 3.38. The van der Waals surface area contributed by atoms with E-state index >= 15 is 0 Å². The van der Waals surface area contributed by atoms with E-state index < -0.39 is 0 Å². The topological polar surface area (TPSA) is 49.8 Å². The fourth-order valence-corrected chi connectivity index (χ4v) is 2.05. The number of nitrogens with one attached hydrogen (secondary N) is 2. The van der Waals surface area contributed by atoms with Gasteiger partial charge in [0.25, 0.3) is 0 Å². The minimum Gasteiger partial charge on any atom is -0.370 e. The molecule has 21 heavy (non-hydrogen) atoms. The van der Waals surface area contributed by atoms with Crippen LogP contribution < -0.4 is 10.6 Å². The predicted molar refractivity (Wildman–Crippen MR) is 89.8 cm³/mol. The largest absolute Gasteiger partial charge is 0.370 e. The molecule has 4 nitrogen and oxygen atoms in total. The second-order valence-electron chi connectivity index (χ2n) is 5.22. The highest BCUT2D eigenvalue weighted by Crippen LogP contribution is 2.26. The van der Waals surface area contributed by atoms with Crippen molar-refractivity contribution in [3.05, 3.63) is 40.7 Å². The zero-order chi connectivity index (χ0) is 15.4. The second kappa shape index (κ2) is 6.76. The summed E-state index contributed by atoms with van der Waals surface area (Å²) >= 11 is 5.92. The zero-order valence-corrected chi connectivity index (χ0v) is 13.6. The van der Waals surface area contributed by atoms with Crippen molar-refractivity contribution in [1.82, 2.24) is 9.97 Å². The van der Waals surface area contributed by atoms with E-state index in [0.717, 1.165) is 40.3 Å². The van der Waals surface area contributed by atoms with Crippen molar-refractivity contribution in [1.29, 1.82) is 0 Å². The zero-order valence-electron chi connectivity index (χ0n) is 12.9. The average molecular weight is 305 g/mol. The van der Waals surface area contributed by atoms with E-state index in [2.05, 4.69) is 41.4 Å². The Morgan fingerprint density at radius 2 is 1.71 bits per heavy atom.